The molecule has 1 aromatic rings. The second-order valence-corrected chi connectivity index (χ2v) is 7.95. The molecule has 3 aliphatic rings. The zero-order valence-corrected chi connectivity index (χ0v) is 14.3. The van der Waals surface area contributed by atoms with Crippen LogP contribution in [0.15, 0.2) is 28.7 Å². The highest BCUT2D eigenvalue weighted by atomic mass is 79.9. The molecular formula is C18H22BrNO2. The fourth-order valence-electron chi connectivity index (χ4n) is 3.88. The third-order valence-electron chi connectivity index (χ3n) is 5.49. The largest absolute Gasteiger partial charge is 0.381 e. The average molecular weight is 364 g/mol. The molecule has 1 saturated heterocycles. The van der Waals surface area contributed by atoms with Crippen LogP contribution >= 0.6 is 15.9 Å². The molecule has 1 heterocycles. The van der Waals surface area contributed by atoms with E-state index >= 15 is 0 Å². The van der Waals surface area contributed by atoms with Crippen molar-refractivity contribution in [2.45, 2.75) is 37.6 Å². The monoisotopic (exact) mass is 363 g/mol. The van der Waals surface area contributed by atoms with Crippen molar-refractivity contribution in [3.05, 3.63) is 34.3 Å². The predicted octanol–water partition coefficient (Wildman–Crippen LogP) is 3.62. The number of amides is 1. The van der Waals surface area contributed by atoms with E-state index in [9.17, 15) is 4.79 Å². The van der Waals surface area contributed by atoms with Crippen molar-refractivity contribution >= 4 is 21.8 Å². The number of nitrogens with one attached hydrogen (secondary N) is 1. The molecule has 4 heteroatoms. The lowest BCUT2D eigenvalue weighted by atomic mass is 9.82. The number of carbonyl (C=O) groups excluding carboxylic acids is 1. The van der Waals surface area contributed by atoms with E-state index in [1.807, 2.05) is 12.1 Å². The lowest BCUT2D eigenvalue weighted by Gasteiger charge is -2.39. The van der Waals surface area contributed by atoms with Crippen LogP contribution in [0, 0.1) is 17.8 Å². The summed E-state index contributed by atoms with van der Waals surface area (Å²) in [6.45, 7) is 1.42. The van der Waals surface area contributed by atoms with Gasteiger partial charge in [-0.3, -0.25) is 4.79 Å². The van der Waals surface area contributed by atoms with E-state index < -0.39 is 0 Å². The molecule has 1 aromatic carbocycles. The van der Waals surface area contributed by atoms with Gasteiger partial charge in [0.05, 0.1) is 5.54 Å². The molecule has 0 spiro atoms. The molecular weight excluding hydrogens is 342 g/mol. The van der Waals surface area contributed by atoms with Gasteiger partial charge in [-0.15, -0.1) is 0 Å². The third-order valence-corrected chi connectivity index (χ3v) is 5.98. The van der Waals surface area contributed by atoms with Gasteiger partial charge in [0.15, 0.2) is 0 Å². The van der Waals surface area contributed by atoms with Gasteiger partial charge in [-0.1, -0.05) is 28.1 Å². The number of hydrogen-bond acceptors (Lipinski definition) is 2. The molecule has 3 nitrogen and oxygen atoms in total. The first-order valence-electron chi connectivity index (χ1n) is 8.34. The van der Waals surface area contributed by atoms with Crippen molar-refractivity contribution in [3.63, 3.8) is 0 Å². The summed E-state index contributed by atoms with van der Waals surface area (Å²) in [5, 5.41) is 3.41. The first-order valence-corrected chi connectivity index (χ1v) is 9.13. The molecule has 4 rings (SSSR count). The summed E-state index contributed by atoms with van der Waals surface area (Å²) < 4.78 is 6.60. The molecule has 3 fully saturated rings. The maximum atomic E-state index is 12.7. The van der Waals surface area contributed by atoms with Crippen LogP contribution < -0.4 is 5.32 Å². The van der Waals surface area contributed by atoms with Crippen LogP contribution in [0.3, 0.4) is 0 Å². The van der Waals surface area contributed by atoms with Crippen LogP contribution in [0.1, 0.15) is 37.7 Å². The van der Waals surface area contributed by atoms with Gasteiger partial charge in [-0.2, -0.15) is 0 Å². The smallest absolute Gasteiger partial charge is 0.224 e. The van der Waals surface area contributed by atoms with Gasteiger partial charge in [0.2, 0.25) is 5.91 Å². The Morgan fingerprint density at radius 1 is 1.27 bits per heavy atom. The SMILES string of the molecule is O=C(NC1(c2cccc(Br)c2)CCOCC1)[C@H]1C[C@H]1C1CC1. The number of hydrogen-bond donors (Lipinski definition) is 1. The van der Waals surface area contributed by atoms with E-state index in [0.29, 0.717) is 19.1 Å². The van der Waals surface area contributed by atoms with Gasteiger partial charge in [0, 0.05) is 23.6 Å². The van der Waals surface area contributed by atoms with Crippen molar-refractivity contribution in [1.29, 1.82) is 0 Å². The van der Waals surface area contributed by atoms with Gasteiger partial charge in [0.1, 0.15) is 0 Å². The molecule has 0 bridgehead atoms. The quantitative estimate of drug-likeness (QED) is 0.886. The molecule has 1 N–H and O–H groups in total. The van der Waals surface area contributed by atoms with E-state index in [1.54, 1.807) is 0 Å². The van der Waals surface area contributed by atoms with Gasteiger partial charge in [0.25, 0.3) is 0 Å². The Balaban J connectivity index is 1.54. The first-order chi connectivity index (χ1) is 10.7. The van der Waals surface area contributed by atoms with E-state index in [4.69, 9.17) is 4.74 Å². The van der Waals surface area contributed by atoms with Crippen LogP contribution in [-0.2, 0) is 15.1 Å². The number of rotatable bonds is 4. The zero-order valence-electron chi connectivity index (χ0n) is 12.7. The van der Waals surface area contributed by atoms with Crippen molar-refractivity contribution in [3.8, 4) is 0 Å². The Bertz CT molecular complexity index is 578. The fraction of sp³-hybridized carbons (Fsp3) is 0.611. The maximum Gasteiger partial charge on any atom is 0.224 e. The van der Waals surface area contributed by atoms with E-state index in [2.05, 4.69) is 33.4 Å². The van der Waals surface area contributed by atoms with Gasteiger partial charge in [-0.25, -0.2) is 0 Å². The Morgan fingerprint density at radius 3 is 2.73 bits per heavy atom. The summed E-state index contributed by atoms with van der Waals surface area (Å²) in [6.07, 6.45) is 5.48. The third kappa shape index (κ3) is 2.83. The van der Waals surface area contributed by atoms with Crippen LogP contribution in [0.5, 0.6) is 0 Å². The second kappa shape index (κ2) is 5.64. The molecule has 1 aliphatic heterocycles. The van der Waals surface area contributed by atoms with Crippen molar-refractivity contribution in [2.24, 2.45) is 17.8 Å². The number of halogens is 1. The normalized spacial score (nSPS) is 29.9. The Hall–Kier alpha value is -0.870. The van der Waals surface area contributed by atoms with Gasteiger partial charge < -0.3 is 10.1 Å². The number of benzene rings is 1. The molecule has 118 valence electrons. The minimum absolute atomic E-state index is 0.254. The maximum absolute atomic E-state index is 12.7. The Morgan fingerprint density at radius 2 is 2.05 bits per heavy atom. The summed E-state index contributed by atoms with van der Waals surface area (Å²) in [5.74, 6) is 2.03. The highest BCUT2D eigenvalue weighted by molar-refractivity contribution is 9.10. The molecule has 2 saturated carbocycles. The molecule has 0 aromatic heterocycles. The molecule has 2 aliphatic carbocycles. The lowest BCUT2D eigenvalue weighted by molar-refractivity contribution is -0.126. The van der Waals surface area contributed by atoms with E-state index in [0.717, 1.165) is 29.7 Å². The summed E-state index contributed by atoms with van der Waals surface area (Å²) in [5.41, 5.74) is 0.942. The van der Waals surface area contributed by atoms with E-state index in [1.165, 1.54) is 18.4 Å². The molecule has 0 unspecified atom stereocenters. The van der Waals surface area contributed by atoms with Crippen LogP contribution in [0.2, 0.25) is 0 Å². The van der Waals surface area contributed by atoms with Crippen molar-refractivity contribution < 1.29 is 9.53 Å². The second-order valence-electron chi connectivity index (χ2n) is 7.04. The van der Waals surface area contributed by atoms with Crippen molar-refractivity contribution in [1.82, 2.24) is 5.32 Å². The zero-order chi connectivity index (χ0) is 15.2. The lowest BCUT2D eigenvalue weighted by Crippen LogP contribution is -2.50. The van der Waals surface area contributed by atoms with Gasteiger partial charge in [-0.05, 0) is 61.6 Å². The number of ether oxygens (including phenoxy) is 1. The highest BCUT2D eigenvalue weighted by Gasteiger charge is 2.52. The van der Waals surface area contributed by atoms with Crippen LogP contribution in [0.25, 0.3) is 0 Å². The van der Waals surface area contributed by atoms with Crippen LogP contribution in [0.4, 0.5) is 0 Å². The minimum atomic E-state index is -0.254. The first kappa shape index (κ1) is 14.7. The molecule has 0 radical (unpaired) electrons. The predicted molar refractivity (Wildman–Crippen MR) is 88.3 cm³/mol. The molecule has 22 heavy (non-hydrogen) atoms. The summed E-state index contributed by atoms with van der Waals surface area (Å²) >= 11 is 3.55. The standard InChI is InChI=1S/C18H22BrNO2/c19-14-3-1-2-13(10-14)18(6-8-22-9-7-18)20-17(21)16-11-15(16)12-4-5-12/h1-3,10,12,15-16H,4-9,11H2,(H,20,21)/t15-,16-/m0/s1. The fourth-order valence-corrected chi connectivity index (χ4v) is 4.28. The Kier molecular flexibility index (Phi) is 3.77. The highest BCUT2D eigenvalue weighted by Crippen LogP contribution is 2.54. The minimum Gasteiger partial charge on any atom is -0.381 e. The summed E-state index contributed by atoms with van der Waals surface area (Å²) in [7, 11) is 0. The van der Waals surface area contributed by atoms with Gasteiger partial charge >= 0.3 is 0 Å². The summed E-state index contributed by atoms with van der Waals surface area (Å²) in [6, 6.07) is 8.34. The Labute approximate surface area is 139 Å². The molecule has 1 amide bonds. The topological polar surface area (TPSA) is 38.3 Å². The van der Waals surface area contributed by atoms with E-state index in [-0.39, 0.29) is 17.4 Å². The average Bonchev–Trinajstić information content (AvgIpc) is 3.39. The van der Waals surface area contributed by atoms with Crippen molar-refractivity contribution in [2.75, 3.05) is 13.2 Å². The molecule has 2 atom stereocenters. The number of carbonyl (C=O) groups is 1. The summed E-state index contributed by atoms with van der Waals surface area (Å²) in [4.78, 5) is 12.7. The van der Waals surface area contributed by atoms with Crippen LogP contribution in [-0.4, -0.2) is 19.1 Å².